The van der Waals surface area contributed by atoms with Crippen molar-refractivity contribution in [3.63, 3.8) is 0 Å². The molecular weight excluding hydrogens is 360 g/mol. The average molecular weight is 376 g/mol. The van der Waals surface area contributed by atoms with Crippen LogP contribution in [0.5, 0.6) is 0 Å². The van der Waals surface area contributed by atoms with Crippen LogP contribution in [0, 0.1) is 0 Å². The Balaban J connectivity index is 2.01. The fraction of sp³-hybridized carbons (Fsp3) is 0.462. The lowest BCUT2D eigenvalue weighted by Crippen LogP contribution is -2.39. The molecule has 1 fully saturated rings. The van der Waals surface area contributed by atoms with Gasteiger partial charge in [0, 0.05) is 8.95 Å². The van der Waals surface area contributed by atoms with Crippen LogP contribution in [-0.2, 0) is 4.79 Å². The van der Waals surface area contributed by atoms with Crippen LogP contribution in [-0.4, -0.2) is 18.5 Å². The summed E-state index contributed by atoms with van der Waals surface area (Å²) in [5, 5.41) is 6.26. The van der Waals surface area contributed by atoms with E-state index in [1.54, 1.807) is 0 Å². The molecule has 2 N–H and O–H groups in total. The van der Waals surface area contributed by atoms with Crippen LogP contribution in [0.3, 0.4) is 0 Å². The van der Waals surface area contributed by atoms with Gasteiger partial charge in [0.05, 0.1) is 11.7 Å². The number of carbonyl (C=O) groups excluding carboxylic acids is 1. The summed E-state index contributed by atoms with van der Waals surface area (Å²) in [4.78, 5) is 12.2. The number of rotatable bonds is 2. The number of amides is 1. The highest BCUT2D eigenvalue weighted by Crippen LogP contribution is 2.26. The second-order valence-corrected chi connectivity index (χ2v) is 6.24. The zero-order valence-corrected chi connectivity index (χ0v) is 13.2. The molecule has 0 aromatic heterocycles. The maximum atomic E-state index is 12.2. The topological polar surface area (TPSA) is 41.1 Å². The molecule has 18 heavy (non-hydrogen) atoms. The SMILES string of the molecule is O=C(Nc1ccc(Br)cc1Br)C1CCCCCN1. The van der Waals surface area contributed by atoms with E-state index in [1.165, 1.54) is 6.42 Å². The molecule has 0 bridgehead atoms. The number of carbonyl (C=O) groups is 1. The minimum absolute atomic E-state index is 0.0555. The van der Waals surface area contributed by atoms with Crippen LogP contribution in [0.25, 0.3) is 0 Å². The van der Waals surface area contributed by atoms with E-state index in [4.69, 9.17) is 0 Å². The van der Waals surface area contributed by atoms with E-state index in [1.807, 2.05) is 18.2 Å². The molecule has 1 amide bonds. The van der Waals surface area contributed by atoms with Crippen molar-refractivity contribution in [3.8, 4) is 0 Å². The maximum absolute atomic E-state index is 12.2. The van der Waals surface area contributed by atoms with Gasteiger partial charge in [-0.15, -0.1) is 0 Å². The zero-order valence-electron chi connectivity index (χ0n) is 10.0. The Morgan fingerprint density at radius 2 is 2.11 bits per heavy atom. The minimum Gasteiger partial charge on any atom is -0.324 e. The van der Waals surface area contributed by atoms with E-state index in [2.05, 4.69) is 42.5 Å². The van der Waals surface area contributed by atoms with Crippen molar-refractivity contribution >= 4 is 43.5 Å². The van der Waals surface area contributed by atoms with Crippen molar-refractivity contribution in [3.05, 3.63) is 27.1 Å². The average Bonchev–Trinajstić information content (AvgIpc) is 2.61. The predicted octanol–water partition coefficient (Wildman–Crippen LogP) is 3.68. The van der Waals surface area contributed by atoms with Gasteiger partial charge in [-0.05, 0) is 53.5 Å². The van der Waals surface area contributed by atoms with Crippen molar-refractivity contribution < 1.29 is 4.79 Å². The van der Waals surface area contributed by atoms with Gasteiger partial charge in [0.15, 0.2) is 0 Å². The molecule has 1 aliphatic rings. The van der Waals surface area contributed by atoms with Crippen molar-refractivity contribution in [1.82, 2.24) is 5.32 Å². The van der Waals surface area contributed by atoms with Gasteiger partial charge in [0.25, 0.3) is 0 Å². The first-order chi connectivity index (χ1) is 8.66. The lowest BCUT2D eigenvalue weighted by atomic mass is 10.1. The molecule has 0 radical (unpaired) electrons. The summed E-state index contributed by atoms with van der Waals surface area (Å²) in [5.41, 5.74) is 0.814. The van der Waals surface area contributed by atoms with Crippen LogP contribution in [0.4, 0.5) is 5.69 Å². The number of hydrogen-bond donors (Lipinski definition) is 2. The molecular formula is C13H16Br2N2O. The van der Waals surface area contributed by atoms with Crippen molar-refractivity contribution in [2.24, 2.45) is 0 Å². The highest BCUT2D eigenvalue weighted by atomic mass is 79.9. The standard InChI is InChI=1S/C13H16Br2N2O/c14-9-5-6-11(10(15)8-9)17-13(18)12-4-2-1-3-7-16-12/h5-6,8,12,16H,1-4,7H2,(H,17,18). The summed E-state index contributed by atoms with van der Waals surface area (Å²) in [6.45, 7) is 0.930. The molecule has 1 aromatic carbocycles. The second-order valence-electron chi connectivity index (χ2n) is 4.47. The lowest BCUT2D eigenvalue weighted by molar-refractivity contribution is -0.118. The molecule has 1 atom stereocenters. The number of hydrogen-bond acceptors (Lipinski definition) is 2. The molecule has 5 heteroatoms. The predicted molar refractivity (Wildman–Crippen MR) is 80.7 cm³/mol. The quantitative estimate of drug-likeness (QED) is 0.827. The minimum atomic E-state index is -0.0666. The molecule has 1 aliphatic heterocycles. The van der Waals surface area contributed by atoms with E-state index < -0.39 is 0 Å². The Hall–Kier alpha value is -0.390. The Bertz CT molecular complexity index is 429. The third-order valence-electron chi connectivity index (χ3n) is 3.07. The summed E-state index contributed by atoms with van der Waals surface area (Å²) in [6.07, 6.45) is 4.40. The zero-order chi connectivity index (χ0) is 13.0. The van der Waals surface area contributed by atoms with Crippen LogP contribution in [0.2, 0.25) is 0 Å². The molecule has 0 aliphatic carbocycles. The fourth-order valence-electron chi connectivity index (χ4n) is 2.06. The first-order valence-electron chi connectivity index (χ1n) is 6.16. The third-order valence-corrected chi connectivity index (χ3v) is 4.22. The smallest absolute Gasteiger partial charge is 0.241 e. The maximum Gasteiger partial charge on any atom is 0.241 e. The molecule has 1 unspecified atom stereocenters. The summed E-state index contributed by atoms with van der Waals surface area (Å²) < 4.78 is 1.87. The number of nitrogens with one attached hydrogen (secondary N) is 2. The number of benzene rings is 1. The summed E-state index contributed by atoms with van der Waals surface area (Å²) >= 11 is 6.84. The molecule has 3 nitrogen and oxygen atoms in total. The Kier molecular flexibility index (Phi) is 5.21. The molecule has 0 spiro atoms. The van der Waals surface area contributed by atoms with Crippen LogP contribution in [0.1, 0.15) is 25.7 Å². The highest BCUT2D eigenvalue weighted by molar-refractivity contribution is 9.11. The van der Waals surface area contributed by atoms with Gasteiger partial charge < -0.3 is 10.6 Å². The van der Waals surface area contributed by atoms with E-state index in [9.17, 15) is 4.79 Å². The lowest BCUT2D eigenvalue weighted by Gasteiger charge is -2.16. The number of anilines is 1. The molecule has 98 valence electrons. The highest BCUT2D eigenvalue weighted by Gasteiger charge is 2.19. The largest absolute Gasteiger partial charge is 0.324 e. The van der Waals surface area contributed by atoms with Gasteiger partial charge in [-0.3, -0.25) is 4.79 Å². The summed E-state index contributed by atoms with van der Waals surface area (Å²) in [7, 11) is 0. The molecule has 1 aromatic rings. The third kappa shape index (κ3) is 3.80. The Morgan fingerprint density at radius 1 is 1.28 bits per heavy atom. The van der Waals surface area contributed by atoms with Crippen LogP contribution >= 0.6 is 31.9 Å². The van der Waals surface area contributed by atoms with Crippen molar-refractivity contribution in [1.29, 1.82) is 0 Å². The Morgan fingerprint density at radius 3 is 2.89 bits per heavy atom. The molecule has 1 saturated heterocycles. The normalized spacial score (nSPS) is 20.2. The van der Waals surface area contributed by atoms with E-state index >= 15 is 0 Å². The van der Waals surface area contributed by atoms with Crippen molar-refractivity contribution in [2.45, 2.75) is 31.7 Å². The van der Waals surface area contributed by atoms with Gasteiger partial charge in [0.1, 0.15) is 0 Å². The van der Waals surface area contributed by atoms with Crippen LogP contribution < -0.4 is 10.6 Å². The van der Waals surface area contributed by atoms with Crippen LogP contribution in [0.15, 0.2) is 27.1 Å². The molecule has 2 rings (SSSR count). The molecule has 0 saturated carbocycles. The van der Waals surface area contributed by atoms with Gasteiger partial charge in [-0.1, -0.05) is 28.8 Å². The van der Waals surface area contributed by atoms with Gasteiger partial charge >= 0.3 is 0 Å². The fourth-order valence-corrected chi connectivity index (χ4v) is 3.21. The summed E-state index contributed by atoms with van der Waals surface area (Å²) in [6, 6.07) is 5.67. The van der Waals surface area contributed by atoms with E-state index in [0.29, 0.717) is 0 Å². The number of halogens is 2. The summed E-state index contributed by atoms with van der Waals surface area (Å²) in [5.74, 6) is 0.0555. The van der Waals surface area contributed by atoms with E-state index in [-0.39, 0.29) is 11.9 Å². The first kappa shape index (κ1) is 14.0. The van der Waals surface area contributed by atoms with Gasteiger partial charge in [0.2, 0.25) is 5.91 Å². The first-order valence-corrected chi connectivity index (χ1v) is 7.75. The van der Waals surface area contributed by atoms with E-state index in [0.717, 1.165) is 40.4 Å². The van der Waals surface area contributed by atoms with Crippen molar-refractivity contribution in [2.75, 3.05) is 11.9 Å². The monoisotopic (exact) mass is 374 g/mol. The van der Waals surface area contributed by atoms with Gasteiger partial charge in [-0.25, -0.2) is 0 Å². The molecule has 1 heterocycles. The second kappa shape index (κ2) is 6.68. The van der Waals surface area contributed by atoms with Gasteiger partial charge in [-0.2, -0.15) is 0 Å². The Labute approximate surface area is 124 Å².